The van der Waals surface area contributed by atoms with Crippen LogP contribution in [0.4, 0.5) is 0 Å². The molecule has 1 N–H and O–H groups in total. The van der Waals surface area contributed by atoms with Crippen molar-refractivity contribution in [2.75, 3.05) is 20.2 Å². The number of esters is 1. The van der Waals surface area contributed by atoms with Crippen LogP contribution in [0.25, 0.3) is 0 Å². The summed E-state index contributed by atoms with van der Waals surface area (Å²) in [5.41, 5.74) is 0. The van der Waals surface area contributed by atoms with E-state index < -0.39 is 6.10 Å². The maximum atomic E-state index is 11.7. The molecular formula is C11H19NO3. The van der Waals surface area contributed by atoms with E-state index in [1.54, 1.807) is 0 Å². The van der Waals surface area contributed by atoms with Crippen molar-refractivity contribution in [1.82, 2.24) is 4.90 Å². The lowest BCUT2D eigenvalue weighted by Gasteiger charge is -2.28. The summed E-state index contributed by atoms with van der Waals surface area (Å²) in [5, 5.41) is 9.97. The second-order valence-electron chi connectivity index (χ2n) is 4.50. The Morgan fingerprint density at radius 3 is 2.67 bits per heavy atom. The molecule has 0 aromatic heterocycles. The van der Waals surface area contributed by atoms with E-state index in [-0.39, 0.29) is 17.9 Å². The van der Waals surface area contributed by atoms with Gasteiger partial charge in [0.25, 0.3) is 0 Å². The summed E-state index contributed by atoms with van der Waals surface area (Å²) in [4.78, 5) is 14.0. The van der Waals surface area contributed by atoms with E-state index in [1.807, 2.05) is 0 Å². The number of carbonyl (C=O) groups excluding carboxylic acids is 1. The largest absolute Gasteiger partial charge is 0.469 e. The summed E-state index contributed by atoms with van der Waals surface area (Å²) >= 11 is 0. The molecule has 4 nitrogen and oxygen atoms in total. The van der Waals surface area contributed by atoms with Gasteiger partial charge in [-0.3, -0.25) is 9.69 Å². The first kappa shape index (κ1) is 10.9. The highest BCUT2D eigenvalue weighted by Gasteiger charge is 2.42. The molecule has 0 bridgehead atoms. The molecule has 0 amide bonds. The molecule has 15 heavy (non-hydrogen) atoms. The molecule has 86 valence electrons. The third-order valence-corrected chi connectivity index (χ3v) is 3.66. The number of aliphatic hydroxyl groups excluding tert-OH is 1. The van der Waals surface area contributed by atoms with Crippen molar-refractivity contribution in [3.05, 3.63) is 0 Å². The molecule has 0 unspecified atom stereocenters. The Morgan fingerprint density at radius 2 is 2.00 bits per heavy atom. The van der Waals surface area contributed by atoms with Crippen LogP contribution in [0.5, 0.6) is 0 Å². The van der Waals surface area contributed by atoms with Gasteiger partial charge in [0.2, 0.25) is 0 Å². The first-order chi connectivity index (χ1) is 7.24. The van der Waals surface area contributed by atoms with E-state index in [9.17, 15) is 9.90 Å². The van der Waals surface area contributed by atoms with Crippen molar-refractivity contribution in [2.24, 2.45) is 5.92 Å². The molecule has 0 aliphatic carbocycles. The smallest absolute Gasteiger partial charge is 0.312 e. The topological polar surface area (TPSA) is 49.8 Å². The maximum absolute atomic E-state index is 11.7. The van der Waals surface area contributed by atoms with Crippen molar-refractivity contribution in [3.8, 4) is 0 Å². The minimum Gasteiger partial charge on any atom is -0.469 e. The molecule has 0 aromatic rings. The van der Waals surface area contributed by atoms with Crippen LogP contribution in [-0.4, -0.2) is 48.3 Å². The lowest BCUT2D eigenvalue weighted by molar-refractivity contribution is -0.151. The highest BCUT2D eigenvalue weighted by molar-refractivity contribution is 5.74. The quantitative estimate of drug-likeness (QED) is 0.640. The molecule has 2 saturated heterocycles. The molecular weight excluding hydrogens is 194 g/mol. The average Bonchev–Trinajstić information content (AvgIpc) is 2.61. The summed E-state index contributed by atoms with van der Waals surface area (Å²) in [7, 11) is 1.40. The molecule has 0 radical (unpaired) electrons. The third kappa shape index (κ3) is 2.01. The minimum absolute atomic E-state index is 0.204. The van der Waals surface area contributed by atoms with Crippen molar-refractivity contribution in [1.29, 1.82) is 0 Å². The standard InChI is InChI=1S/C11H19NO3/c1-15-11(14)10-8-4-2-6-12(8)7-3-5-9(10)13/h8-10,13H,2-7H2,1H3/t8-,9-,10-/m1/s1. The molecule has 4 heteroatoms. The Morgan fingerprint density at radius 1 is 1.33 bits per heavy atom. The zero-order chi connectivity index (χ0) is 10.8. The van der Waals surface area contributed by atoms with Gasteiger partial charge in [-0.1, -0.05) is 0 Å². The first-order valence-corrected chi connectivity index (χ1v) is 5.74. The lowest BCUT2D eigenvalue weighted by Crippen LogP contribution is -2.43. The zero-order valence-corrected chi connectivity index (χ0v) is 9.19. The number of methoxy groups -OCH3 is 1. The molecule has 2 heterocycles. The summed E-state index contributed by atoms with van der Waals surface area (Å²) in [6.45, 7) is 2.07. The average molecular weight is 213 g/mol. The SMILES string of the molecule is COC(=O)[C@H]1[C@H](O)CCCN2CCC[C@H]12. The molecule has 2 fully saturated rings. The molecule has 2 rings (SSSR count). The van der Waals surface area contributed by atoms with Crippen LogP contribution in [0.3, 0.4) is 0 Å². The monoisotopic (exact) mass is 213 g/mol. The molecule has 0 aromatic carbocycles. The van der Waals surface area contributed by atoms with Gasteiger partial charge in [0.05, 0.1) is 19.1 Å². The van der Waals surface area contributed by atoms with Gasteiger partial charge in [-0.2, -0.15) is 0 Å². The van der Waals surface area contributed by atoms with Crippen LogP contribution in [0.2, 0.25) is 0 Å². The first-order valence-electron chi connectivity index (χ1n) is 5.74. The van der Waals surface area contributed by atoms with Gasteiger partial charge in [-0.25, -0.2) is 0 Å². The van der Waals surface area contributed by atoms with Gasteiger partial charge in [0.15, 0.2) is 0 Å². The van der Waals surface area contributed by atoms with Crippen LogP contribution in [0.1, 0.15) is 25.7 Å². The predicted molar refractivity (Wildman–Crippen MR) is 55.3 cm³/mol. The Bertz CT molecular complexity index is 244. The Labute approximate surface area is 90.2 Å². The van der Waals surface area contributed by atoms with Crippen LogP contribution in [-0.2, 0) is 9.53 Å². The van der Waals surface area contributed by atoms with Crippen LogP contribution >= 0.6 is 0 Å². The van der Waals surface area contributed by atoms with Crippen molar-refractivity contribution in [3.63, 3.8) is 0 Å². The minimum atomic E-state index is -0.523. The van der Waals surface area contributed by atoms with Gasteiger partial charge in [0, 0.05) is 6.04 Å². The summed E-state index contributed by atoms with van der Waals surface area (Å²) in [6.07, 6.45) is 3.31. The van der Waals surface area contributed by atoms with Gasteiger partial charge in [-0.05, 0) is 38.8 Å². The molecule has 2 aliphatic rings. The molecule has 3 atom stereocenters. The van der Waals surface area contributed by atoms with Gasteiger partial charge < -0.3 is 9.84 Å². The number of hydrogen-bond acceptors (Lipinski definition) is 4. The second kappa shape index (κ2) is 4.49. The molecule has 0 spiro atoms. The number of hydrogen-bond donors (Lipinski definition) is 1. The van der Waals surface area contributed by atoms with Gasteiger partial charge in [0.1, 0.15) is 0 Å². The van der Waals surface area contributed by atoms with Crippen molar-refractivity contribution < 1.29 is 14.6 Å². The van der Waals surface area contributed by atoms with E-state index in [2.05, 4.69) is 4.90 Å². The number of ether oxygens (including phenoxy) is 1. The number of rotatable bonds is 1. The maximum Gasteiger partial charge on any atom is 0.312 e. The number of aliphatic hydroxyl groups is 1. The highest BCUT2D eigenvalue weighted by Crippen LogP contribution is 2.31. The zero-order valence-electron chi connectivity index (χ0n) is 9.19. The van der Waals surface area contributed by atoms with E-state index >= 15 is 0 Å². The highest BCUT2D eigenvalue weighted by atomic mass is 16.5. The van der Waals surface area contributed by atoms with E-state index in [0.29, 0.717) is 6.42 Å². The van der Waals surface area contributed by atoms with Gasteiger partial charge in [-0.15, -0.1) is 0 Å². The van der Waals surface area contributed by atoms with E-state index in [4.69, 9.17) is 4.74 Å². The Balaban J connectivity index is 2.17. The van der Waals surface area contributed by atoms with E-state index in [0.717, 1.165) is 32.4 Å². The summed E-state index contributed by atoms with van der Waals surface area (Å²) < 4.78 is 4.80. The normalized spacial score (nSPS) is 37.1. The van der Waals surface area contributed by atoms with Crippen LogP contribution in [0.15, 0.2) is 0 Å². The van der Waals surface area contributed by atoms with Gasteiger partial charge >= 0.3 is 5.97 Å². The molecule has 2 aliphatic heterocycles. The summed E-state index contributed by atoms with van der Waals surface area (Å²) in [5.74, 6) is -0.582. The number of nitrogens with zero attached hydrogens (tertiary/aromatic N) is 1. The Hall–Kier alpha value is -0.610. The number of carbonyl (C=O) groups is 1. The van der Waals surface area contributed by atoms with Crippen molar-refractivity contribution >= 4 is 5.97 Å². The van der Waals surface area contributed by atoms with Crippen LogP contribution in [0, 0.1) is 5.92 Å². The fourth-order valence-corrected chi connectivity index (χ4v) is 2.93. The second-order valence-corrected chi connectivity index (χ2v) is 4.50. The lowest BCUT2D eigenvalue weighted by atomic mass is 9.91. The predicted octanol–water partition coefficient (Wildman–Crippen LogP) is 0.395. The molecule has 0 saturated carbocycles. The number of fused-ring (bicyclic) bond motifs is 1. The fraction of sp³-hybridized carbons (Fsp3) is 0.909. The van der Waals surface area contributed by atoms with Crippen molar-refractivity contribution in [2.45, 2.75) is 37.8 Å². The fourth-order valence-electron chi connectivity index (χ4n) is 2.93. The Kier molecular flexibility index (Phi) is 3.26. The van der Waals surface area contributed by atoms with E-state index in [1.165, 1.54) is 7.11 Å². The van der Waals surface area contributed by atoms with Crippen LogP contribution < -0.4 is 0 Å². The summed E-state index contributed by atoms with van der Waals surface area (Å²) in [6, 6.07) is 0.204. The third-order valence-electron chi connectivity index (χ3n) is 3.66.